The second kappa shape index (κ2) is 8.96. The molecule has 0 aromatic heterocycles. The maximum absolute atomic E-state index is 12.3. The van der Waals surface area contributed by atoms with E-state index in [0.717, 1.165) is 26.1 Å². The molecule has 6 heteroatoms. The average Bonchev–Trinajstić information content (AvgIpc) is 2.68. The summed E-state index contributed by atoms with van der Waals surface area (Å²) < 4.78 is 10.7. The van der Waals surface area contributed by atoms with E-state index >= 15 is 0 Å². The number of thioether (sulfide) groups is 1. The third-order valence-electron chi connectivity index (χ3n) is 4.38. The van der Waals surface area contributed by atoms with E-state index in [0.29, 0.717) is 18.0 Å². The van der Waals surface area contributed by atoms with Crippen molar-refractivity contribution < 1.29 is 14.3 Å². The Bertz CT molecular complexity index is 718. The van der Waals surface area contributed by atoms with Gasteiger partial charge in [0.25, 0.3) is 0 Å². The van der Waals surface area contributed by atoms with E-state index in [2.05, 4.69) is 22.8 Å². The first-order chi connectivity index (χ1) is 12.7. The Labute approximate surface area is 158 Å². The van der Waals surface area contributed by atoms with E-state index < -0.39 is 0 Å². The average molecular weight is 372 g/mol. The molecule has 1 heterocycles. The molecule has 1 aliphatic rings. The fourth-order valence-electron chi connectivity index (χ4n) is 2.91. The SMILES string of the molecule is COc1cccc(NC(=O)NCC2(Sc3ccccc3)CCOCC2)c1. The number of rotatable bonds is 6. The van der Waals surface area contributed by atoms with Crippen molar-refractivity contribution in [3.8, 4) is 5.75 Å². The van der Waals surface area contributed by atoms with Crippen LogP contribution in [0.1, 0.15) is 12.8 Å². The van der Waals surface area contributed by atoms with Gasteiger partial charge in [-0.1, -0.05) is 24.3 Å². The highest BCUT2D eigenvalue weighted by Crippen LogP contribution is 2.40. The summed E-state index contributed by atoms with van der Waals surface area (Å²) >= 11 is 1.82. The molecule has 0 spiro atoms. The first-order valence-corrected chi connectivity index (χ1v) is 9.51. The van der Waals surface area contributed by atoms with Crippen molar-refractivity contribution in [1.82, 2.24) is 5.32 Å². The van der Waals surface area contributed by atoms with E-state index in [1.165, 1.54) is 4.90 Å². The number of nitrogens with one attached hydrogen (secondary N) is 2. The Kier molecular flexibility index (Phi) is 6.41. The maximum Gasteiger partial charge on any atom is 0.319 e. The molecule has 5 nitrogen and oxygen atoms in total. The van der Waals surface area contributed by atoms with Crippen LogP contribution >= 0.6 is 11.8 Å². The summed E-state index contributed by atoms with van der Waals surface area (Å²) in [5.41, 5.74) is 0.707. The summed E-state index contributed by atoms with van der Waals surface area (Å²) in [6, 6.07) is 17.4. The van der Waals surface area contributed by atoms with Gasteiger partial charge in [0.05, 0.1) is 7.11 Å². The van der Waals surface area contributed by atoms with Gasteiger partial charge in [-0.2, -0.15) is 0 Å². The lowest BCUT2D eigenvalue weighted by molar-refractivity contribution is 0.0777. The van der Waals surface area contributed by atoms with Gasteiger partial charge in [0.2, 0.25) is 0 Å². The minimum absolute atomic E-state index is 0.0503. The molecule has 3 rings (SSSR count). The molecule has 0 atom stereocenters. The smallest absolute Gasteiger partial charge is 0.319 e. The summed E-state index contributed by atoms with van der Waals surface area (Å²) in [7, 11) is 1.61. The van der Waals surface area contributed by atoms with Gasteiger partial charge in [-0.3, -0.25) is 0 Å². The van der Waals surface area contributed by atoms with Crippen LogP contribution in [0.2, 0.25) is 0 Å². The Morgan fingerprint density at radius 1 is 1.15 bits per heavy atom. The quantitative estimate of drug-likeness (QED) is 0.799. The highest BCUT2D eigenvalue weighted by atomic mass is 32.2. The molecule has 1 saturated heterocycles. The number of benzene rings is 2. The van der Waals surface area contributed by atoms with Crippen molar-refractivity contribution in [3.05, 3.63) is 54.6 Å². The third-order valence-corrected chi connectivity index (χ3v) is 5.87. The van der Waals surface area contributed by atoms with E-state index in [9.17, 15) is 4.79 Å². The Morgan fingerprint density at radius 2 is 1.92 bits per heavy atom. The van der Waals surface area contributed by atoms with Crippen molar-refractivity contribution in [2.75, 3.05) is 32.2 Å². The number of urea groups is 1. The number of amides is 2. The molecular weight excluding hydrogens is 348 g/mol. The van der Waals surface area contributed by atoms with Crippen LogP contribution in [0, 0.1) is 0 Å². The van der Waals surface area contributed by atoms with Crippen LogP contribution in [0.25, 0.3) is 0 Å². The zero-order chi connectivity index (χ0) is 18.2. The zero-order valence-electron chi connectivity index (χ0n) is 14.9. The van der Waals surface area contributed by atoms with Gasteiger partial charge < -0.3 is 20.1 Å². The van der Waals surface area contributed by atoms with E-state index in [-0.39, 0.29) is 10.8 Å². The number of anilines is 1. The summed E-state index contributed by atoms with van der Waals surface area (Å²) in [5, 5.41) is 5.90. The van der Waals surface area contributed by atoms with Crippen LogP contribution in [-0.4, -0.2) is 37.6 Å². The lowest BCUT2D eigenvalue weighted by Crippen LogP contribution is -2.45. The van der Waals surface area contributed by atoms with Gasteiger partial charge in [0.15, 0.2) is 0 Å². The van der Waals surface area contributed by atoms with Gasteiger partial charge in [-0.05, 0) is 37.1 Å². The minimum atomic E-state index is -0.210. The highest BCUT2D eigenvalue weighted by molar-refractivity contribution is 8.00. The van der Waals surface area contributed by atoms with Gasteiger partial charge in [-0.15, -0.1) is 11.8 Å². The van der Waals surface area contributed by atoms with Crippen molar-refractivity contribution >= 4 is 23.5 Å². The Hall–Kier alpha value is -2.18. The molecule has 2 N–H and O–H groups in total. The second-order valence-electron chi connectivity index (χ2n) is 6.25. The number of carbonyl (C=O) groups is 1. The molecule has 0 aliphatic carbocycles. The number of hydrogen-bond donors (Lipinski definition) is 2. The topological polar surface area (TPSA) is 59.6 Å². The van der Waals surface area contributed by atoms with E-state index in [1.54, 1.807) is 13.2 Å². The van der Waals surface area contributed by atoms with Crippen molar-refractivity contribution in [2.45, 2.75) is 22.5 Å². The van der Waals surface area contributed by atoms with Crippen LogP contribution in [0.15, 0.2) is 59.5 Å². The lowest BCUT2D eigenvalue weighted by atomic mass is 9.99. The number of carbonyl (C=O) groups excluding carboxylic acids is 1. The molecule has 0 saturated carbocycles. The predicted octanol–water partition coefficient (Wildman–Crippen LogP) is 4.16. The predicted molar refractivity (Wildman–Crippen MR) is 105 cm³/mol. The Balaban J connectivity index is 1.61. The fraction of sp³-hybridized carbons (Fsp3) is 0.350. The van der Waals surface area contributed by atoms with Crippen molar-refractivity contribution in [3.63, 3.8) is 0 Å². The summed E-state index contributed by atoms with van der Waals surface area (Å²) in [6.07, 6.45) is 1.82. The minimum Gasteiger partial charge on any atom is -0.497 e. The summed E-state index contributed by atoms with van der Waals surface area (Å²) in [5.74, 6) is 0.711. The van der Waals surface area contributed by atoms with Crippen LogP contribution < -0.4 is 15.4 Å². The molecule has 2 aromatic carbocycles. The number of methoxy groups -OCH3 is 1. The lowest BCUT2D eigenvalue weighted by Gasteiger charge is -2.36. The number of hydrogen-bond acceptors (Lipinski definition) is 4. The van der Waals surface area contributed by atoms with E-state index in [4.69, 9.17) is 9.47 Å². The summed E-state index contributed by atoms with van der Waals surface area (Å²) in [6.45, 7) is 2.03. The molecule has 2 amide bonds. The fourth-order valence-corrected chi connectivity index (χ4v) is 4.22. The third kappa shape index (κ3) is 5.16. The molecule has 2 aromatic rings. The molecule has 138 valence electrons. The van der Waals surface area contributed by atoms with Gasteiger partial charge >= 0.3 is 6.03 Å². The van der Waals surface area contributed by atoms with Crippen LogP contribution in [0.3, 0.4) is 0 Å². The normalized spacial score (nSPS) is 15.9. The van der Waals surface area contributed by atoms with Gasteiger partial charge in [-0.25, -0.2) is 4.79 Å². The zero-order valence-corrected chi connectivity index (χ0v) is 15.7. The largest absolute Gasteiger partial charge is 0.497 e. The van der Waals surface area contributed by atoms with Crippen LogP contribution in [0.5, 0.6) is 5.75 Å². The summed E-state index contributed by atoms with van der Waals surface area (Å²) in [4.78, 5) is 13.6. The monoisotopic (exact) mass is 372 g/mol. The molecule has 0 radical (unpaired) electrons. The highest BCUT2D eigenvalue weighted by Gasteiger charge is 2.34. The van der Waals surface area contributed by atoms with E-state index in [1.807, 2.05) is 48.2 Å². The van der Waals surface area contributed by atoms with Gasteiger partial charge in [0.1, 0.15) is 5.75 Å². The molecule has 1 fully saturated rings. The molecule has 0 unspecified atom stereocenters. The first-order valence-electron chi connectivity index (χ1n) is 8.70. The molecule has 1 aliphatic heterocycles. The standard InChI is InChI=1S/C20H24N2O3S/c1-24-17-7-5-6-16(14-17)22-19(23)21-15-20(10-12-25-13-11-20)26-18-8-3-2-4-9-18/h2-9,14H,10-13,15H2,1H3,(H2,21,22,23). The molecular formula is C20H24N2O3S. The second-order valence-corrected chi connectivity index (χ2v) is 7.79. The van der Waals surface area contributed by atoms with Gasteiger partial charge in [0, 0.05) is 41.2 Å². The number of ether oxygens (including phenoxy) is 2. The van der Waals surface area contributed by atoms with Crippen LogP contribution in [-0.2, 0) is 4.74 Å². The molecule has 0 bridgehead atoms. The first kappa shape index (κ1) is 18.6. The van der Waals surface area contributed by atoms with Crippen LogP contribution in [0.4, 0.5) is 10.5 Å². The Morgan fingerprint density at radius 3 is 2.65 bits per heavy atom. The molecule has 26 heavy (non-hydrogen) atoms. The maximum atomic E-state index is 12.3. The van der Waals surface area contributed by atoms with Crippen molar-refractivity contribution in [2.24, 2.45) is 0 Å². The van der Waals surface area contributed by atoms with Crippen molar-refractivity contribution in [1.29, 1.82) is 0 Å².